The number of guanidine groups is 1. The van der Waals surface area contributed by atoms with Gasteiger partial charge in [-0.15, -0.1) is 0 Å². The van der Waals surface area contributed by atoms with Crippen LogP contribution < -0.4 is 20.1 Å². The van der Waals surface area contributed by atoms with Crippen LogP contribution in [0.1, 0.15) is 30.4 Å². The number of nitrogens with zero attached hydrogens (tertiary/aromatic N) is 1. The van der Waals surface area contributed by atoms with Crippen LogP contribution in [0.5, 0.6) is 5.75 Å². The molecule has 0 unspecified atom stereocenters. The van der Waals surface area contributed by atoms with Gasteiger partial charge in [0.1, 0.15) is 5.75 Å². The van der Waals surface area contributed by atoms with Crippen molar-refractivity contribution in [1.29, 1.82) is 0 Å². The predicted molar refractivity (Wildman–Crippen MR) is 105 cm³/mol. The minimum Gasteiger partial charge on any atom is -0.434 e. The standard InChI is InChI=1S/C18H28F2N4O3S/c1-13-6-7-16(27-17(19)20)15(10-13)12-23-18(21-2)22-8-9-28(25,26)24-11-14-4-3-5-14/h6-7,10,14,17,24H,3-5,8-9,11-12H2,1-2H3,(H2,21,22,23). The van der Waals surface area contributed by atoms with Crippen LogP contribution in [0.15, 0.2) is 23.2 Å². The molecule has 3 N–H and O–H groups in total. The summed E-state index contributed by atoms with van der Waals surface area (Å²) in [6.07, 6.45) is 3.32. The zero-order valence-corrected chi connectivity index (χ0v) is 17.0. The molecule has 1 fully saturated rings. The molecule has 0 aliphatic heterocycles. The van der Waals surface area contributed by atoms with Crippen molar-refractivity contribution >= 4 is 16.0 Å². The van der Waals surface area contributed by atoms with Crippen LogP contribution in [0.25, 0.3) is 0 Å². The van der Waals surface area contributed by atoms with Gasteiger partial charge in [-0.1, -0.05) is 24.1 Å². The van der Waals surface area contributed by atoms with Crippen LogP contribution in [0.4, 0.5) is 8.78 Å². The van der Waals surface area contributed by atoms with E-state index in [1.54, 1.807) is 19.2 Å². The number of benzene rings is 1. The Balaban J connectivity index is 1.80. The van der Waals surface area contributed by atoms with E-state index < -0.39 is 16.6 Å². The van der Waals surface area contributed by atoms with Crippen LogP contribution in [-0.4, -0.2) is 46.9 Å². The summed E-state index contributed by atoms with van der Waals surface area (Å²) in [7, 11) is -1.80. The van der Waals surface area contributed by atoms with Gasteiger partial charge in [0.2, 0.25) is 10.0 Å². The van der Waals surface area contributed by atoms with Gasteiger partial charge in [-0.25, -0.2) is 13.1 Å². The summed E-state index contributed by atoms with van der Waals surface area (Å²) in [6.45, 7) is -0.180. The normalized spacial score (nSPS) is 15.4. The molecular weight excluding hydrogens is 390 g/mol. The number of hydrogen-bond donors (Lipinski definition) is 3. The van der Waals surface area contributed by atoms with Gasteiger partial charge in [-0.2, -0.15) is 8.78 Å². The van der Waals surface area contributed by atoms with Gasteiger partial charge in [0.25, 0.3) is 0 Å². The van der Waals surface area contributed by atoms with Crippen molar-refractivity contribution in [3.05, 3.63) is 29.3 Å². The van der Waals surface area contributed by atoms with Crippen LogP contribution in [0.3, 0.4) is 0 Å². The maximum Gasteiger partial charge on any atom is 0.387 e. The van der Waals surface area contributed by atoms with Gasteiger partial charge in [-0.05, 0) is 31.7 Å². The van der Waals surface area contributed by atoms with E-state index in [0.717, 1.165) is 18.4 Å². The average molecular weight is 419 g/mol. The largest absolute Gasteiger partial charge is 0.434 e. The molecule has 0 spiro atoms. The van der Waals surface area contributed by atoms with E-state index in [1.165, 1.54) is 12.5 Å². The highest BCUT2D eigenvalue weighted by Gasteiger charge is 2.20. The first kappa shape index (κ1) is 22.4. The minimum atomic E-state index is -3.35. The SMILES string of the molecule is CN=C(NCCS(=O)(=O)NCC1CCC1)NCc1cc(C)ccc1OC(F)F. The zero-order valence-electron chi connectivity index (χ0n) is 16.2. The Hall–Kier alpha value is -1.94. The fourth-order valence-corrected chi connectivity index (χ4v) is 3.78. The Morgan fingerprint density at radius 1 is 1.32 bits per heavy atom. The third-order valence-electron chi connectivity index (χ3n) is 4.58. The number of halogens is 2. The average Bonchev–Trinajstić information content (AvgIpc) is 2.58. The number of nitrogens with one attached hydrogen (secondary N) is 3. The molecule has 0 bridgehead atoms. The van der Waals surface area contributed by atoms with Crippen LogP contribution in [0, 0.1) is 12.8 Å². The van der Waals surface area contributed by atoms with E-state index >= 15 is 0 Å². The van der Waals surface area contributed by atoms with Crippen molar-refractivity contribution in [2.75, 3.05) is 25.9 Å². The highest BCUT2D eigenvalue weighted by Crippen LogP contribution is 2.25. The van der Waals surface area contributed by atoms with E-state index in [2.05, 4.69) is 25.1 Å². The molecule has 1 aliphatic rings. The summed E-state index contributed by atoms with van der Waals surface area (Å²) in [5.41, 5.74) is 1.46. The predicted octanol–water partition coefficient (Wildman–Crippen LogP) is 1.98. The molecule has 0 saturated heterocycles. The first-order valence-corrected chi connectivity index (χ1v) is 10.9. The molecule has 158 valence electrons. The first-order valence-electron chi connectivity index (χ1n) is 9.25. The van der Waals surface area contributed by atoms with Gasteiger partial charge in [0.15, 0.2) is 5.96 Å². The molecule has 1 aromatic rings. The molecule has 28 heavy (non-hydrogen) atoms. The molecule has 0 atom stereocenters. The van der Waals surface area contributed by atoms with Crippen molar-refractivity contribution in [3.8, 4) is 5.75 Å². The van der Waals surface area contributed by atoms with Crippen molar-refractivity contribution in [2.24, 2.45) is 10.9 Å². The molecule has 0 radical (unpaired) electrons. The molecule has 10 heteroatoms. The third kappa shape index (κ3) is 7.59. The summed E-state index contributed by atoms with van der Waals surface area (Å²) in [6, 6.07) is 4.93. The summed E-state index contributed by atoms with van der Waals surface area (Å²) < 4.78 is 56.3. The van der Waals surface area contributed by atoms with Gasteiger partial charge < -0.3 is 15.4 Å². The van der Waals surface area contributed by atoms with Crippen molar-refractivity contribution in [3.63, 3.8) is 0 Å². The molecule has 1 aliphatic carbocycles. The lowest BCUT2D eigenvalue weighted by molar-refractivity contribution is -0.0504. The number of rotatable bonds is 10. The lowest BCUT2D eigenvalue weighted by Gasteiger charge is -2.25. The van der Waals surface area contributed by atoms with Gasteiger partial charge in [0.05, 0.1) is 5.75 Å². The number of sulfonamides is 1. The Morgan fingerprint density at radius 3 is 2.68 bits per heavy atom. The molecule has 0 aromatic heterocycles. The quantitative estimate of drug-likeness (QED) is 0.399. The van der Waals surface area contributed by atoms with Gasteiger partial charge in [-0.3, -0.25) is 4.99 Å². The highest BCUT2D eigenvalue weighted by atomic mass is 32.2. The Bertz CT molecular complexity index is 768. The van der Waals surface area contributed by atoms with Gasteiger partial charge in [0, 0.05) is 32.2 Å². The first-order chi connectivity index (χ1) is 13.3. The van der Waals surface area contributed by atoms with E-state index in [-0.39, 0.29) is 24.6 Å². The zero-order chi connectivity index (χ0) is 20.6. The van der Waals surface area contributed by atoms with E-state index in [4.69, 9.17) is 0 Å². The van der Waals surface area contributed by atoms with Gasteiger partial charge >= 0.3 is 6.61 Å². The fraction of sp³-hybridized carbons (Fsp3) is 0.611. The van der Waals surface area contributed by atoms with Crippen LogP contribution >= 0.6 is 0 Å². The van der Waals surface area contributed by atoms with Crippen molar-refractivity contribution < 1.29 is 21.9 Å². The lowest BCUT2D eigenvalue weighted by Crippen LogP contribution is -2.41. The third-order valence-corrected chi connectivity index (χ3v) is 5.93. The maximum atomic E-state index is 12.5. The second-order valence-electron chi connectivity index (χ2n) is 6.81. The maximum absolute atomic E-state index is 12.5. The molecular formula is C18H28F2N4O3S. The highest BCUT2D eigenvalue weighted by molar-refractivity contribution is 7.89. The Kier molecular flexibility index (Phi) is 8.43. The van der Waals surface area contributed by atoms with Crippen LogP contribution in [-0.2, 0) is 16.6 Å². The summed E-state index contributed by atoms with van der Waals surface area (Å²) in [4.78, 5) is 4.02. The van der Waals surface area contributed by atoms with Crippen molar-refractivity contribution in [2.45, 2.75) is 39.3 Å². The Labute approximate surface area is 165 Å². The minimum absolute atomic E-state index is 0.0788. The monoisotopic (exact) mass is 418 g/mol. The van der Waals surface area contributed by atoms with E-state index in [9.17, 15) is 17.2 Å². The topological polar surface area (TPSA) is 91.8 Å². The second kappa shape index (κ2) is 10.6. The molecule has 1 saturated carbocycles. The fourth-order valence-electron chi connectivity index (χ4n) is 2.77. The summed E-state index contributed by atoms with van der Waals surface area (Å²) in [5, 5.41) is 5.90. The molecule has 2 rings (SSSR count). The Morgan fingerprint density at radius 2 is 2.07 bits per heavy atom. The number of hydrogen-bond acceptors (Lipinski definition) is 4. The molecule has 7 nitrogen and oxygen atoms in total. The molecule has 1 aromatic carbocycles. The number of aliphatic imine (C=N–C) groups is 1. The lowest BCUT2D eigenvalue weighted by atomic mass is 9.86. The number of aryl methyl sites for hydroxylation is 1. The van der Waals surface area contributed by atoms with E-state index in [1.807, 2.05) is 6.92 Å². The summed E-state index contributed by atoms with van der Waals surface area (Å²) >= 11 is 0. The summed E-state index contributed by atoms with van der Waals surface area (Å²) in [5.74, 6) is 0.839. The molecule has 0 amide bonds. The smallest absolute Gasteiger partial charge is 0.387 e. The van der Waals surface area contributed by atoms with E-state index in [0.29, 0.717) is 24.0 Å². The van der Waals surface area contributed by atoms with Crippen LogP contribution in [0.2, 0.25) is 0 Å². The second-order valence-corrected chi connectivity index (χ2v) is 8.73. The number of ether oxygens (including phenoxy) is 1. The number of alkyl halides is 2. The van der Waals surface area contributed by atoms with Crippen molar-refractivity contribution in [1.82, 2.24) is 15.4 Å². The molecule has 0 heterocycles.